The van der Waals surface area contributed by atoms with Gasteiger partial charge in [-0.2, -0.15) is 0 Å². The maximum Gasteiger partial charge on any atom is 0.252 e. The summed E-state index contributed by atoms with van der Waals surface area (Å²) in [6.07, 6.45) is 1.38. The van der Waals surface area contributed by atoms with Crippen LogP contribution in [0.1, 0.15) is 24.4 Å². The third-order valence-corrected chi connectivity index (χ3v) is 5.63. The zero-order valence-electron chi connectivity index (χ0n) is 15.3. The quantitative estimate of drug-likeness (QED) is 0.783. The van der Waals surface area contributed by atoms with E-state index < -0.39 is 5.60 Å². The molecule has 2 N–H and O–H groups in total. The van der Waals surface area contributed by atoms with E-state index in [1.165, 1.54) is 0 Å². The fourth-order valence-electron chi connectivity index (χ4n) is 3.77. The van der Waals surface area contributed by atoms with Gasteiger partial charge in [-0.1, -0.05) is 23.7 Å². The number of morpholine rings is 1. The highest BCUT2D eigenvalue weighted by Crippen LogP contribution is 2.26. The van der Waals surface area contributed by atoms with Crippen LogP contribution in [0.4, 0.5) is 0 Å². The van der Waals surface area contributed by atoms with E-state index in [4.69, 9.17) is 21.1 Å². The van der Waals surface area contributed by atoms with E-state index in [0.717, 1.165) is 31.7 Å². The van der Waals surface area contributed by atoms with Crippen molar-refractivity contribution >= 4 is 17.5 Å². The molecule has 3 rings (SSSR count). The highest BCUT2D eigenvalue weighted by molar-refractivity contribution is 6.30. The lowest BCUT2D eigenvalue weighted by Crippen LogP contribution is -2.55. The molecule has 0 aromatic heterocycles. The molecule has 2 aliphatic rings. The molecule has 0 radical (unpaired) electrons. The number of piperidine rings is 1. The summed E-state index contributed by atoms with van der Waals surface area (Å²) in [6.45, 7) is 5.21. The number of halogens is 1. The molecule has 2 fully saturated rings. The zero-order chi connectivity index (χ0) is 18.4. The number of methoxy groups -OCH3 is 1. The van der Waals surface area contributed by atoms with Crippen LogP contribution < -0.4 is 10.6 Å². The number of nitrogens with one attached hydrogen (secondary N) is 2. The Hall–Kier alpha value is -1.18. The SMILES string of the molecule is COC1(C(=O)NCC(c2cccc(Cl)c2)N2CCOCC2)CCNCC1. The molecule has 2 saturated heterocycles. The van der Waals surface area contributed by atoms with Crippen molar-refractivity contribution in [3.05, 3.63) is 34.9 Å². The molecule has 0 saturated carbocycles. The van der Waals surface area contributed by atoms with Crippen molar-refractivity contribution in [2.24, 2.45) is 0 Å². The minimum absolute atomic E-state index is 0.0261. The Bertz CT molecular complexity index is 601. The van der Waals surface area contributed by atoms with Crippen molar-refractivity contribution in [1.82, 2.24) is 15.5 Å². The van der Waals surface area contributed by atoms with Gasteiger partial charge in [-0.3, -0.25) is 9.69 Å². The number of carbonyl (C=O) groups excluding carboxylic acids is 1. The van der Waals surface area contributed by atoms with Gasteiger partial charge in [0.1, 0.15) is 5.60 Å². The second kappa shape index (κ2) is 9.15. The van der Waals surface area contributed by atoms with Crippen molar-refractivity contribution in [2.75, 3.05) is 53.0 Å². The third kappa shape index (κ3) is 4.56. The van der Waals surface area contributed by atoms with E-state index in [1.807, 2.05) is 18.2 Å². The molecule has 144 valence electrons. The fourth-order valence-corrected chi connectivity index (χ4v) is 3.96. The summed E-state index contributed by atoms with van der Waals surface area (Å²) < 4.78 is 11.1. The van der Waals surface area contributed by atoms with Gasteiger partial charge in [-0.15, -0.1) is 0 Å². The highest BCUT2D eigenvalue weighted by atomic mass is 35.5. The average molecular weight is 382 g/mol. The molecule has 1 atom stereocenters. The van der Waals surface area contributed by atoms with Gasteiger partial charge in [0.15, 0.2) is 0 Å². The minimum atomic E-state index is -0.727. The maximum absolute atomic E-state index is 12.9. The Morgan fingerprint density at radius 1 is 1.38 bits per heavy atom. The van der Waals surface area contributed by atoms with E-state index in [1.54, 1.807) is 7.11 Å². The predicted molar refractivity (Wildman–Crippen MR) is 101 cm³/mol. The Balaban J connectivity index is 1.72. The molecule has 1 amide bonds. The predicted octanol–water partition coefficient (Wildman–Crippen LogP) is 1.60. The van der Waals surface area contributed by atoms with E-state index in [9.17, 15) is 4.79 Å². The molecule has 2 aliphatic heterocycles. The van der Waals surface area contributed by atoms with Gasteiger partial charge in [-0.25, -0.2) is 0 Å². The van der Waals surface area contributed by atoms with Crippen molar-refractivity contribution in [1.29, 1.82) is 0 Å². The lowest BCUT2D eigenvalue weighted by atomic mass is 9.91. The number of hydrogen-bond acceptors (Lipinski definition) is 5. The van der Waals surface area contributed by atoms with E-state index in [2.05, 4.69) is 21.6 Å². The second-order valence-electron chi connectivity index (χ2n) is 6.88. The molecule has 1 aromatic rings. The summed E-state index contributed by atoms with van der Waals surface area (Å²) in [7, 11) is 1.63. The van der Waals surface area contributed by atoms with Crippen molar-refractivity contribution in [2.45, 2.75) is 24.5 Å². The number of hydrogen-bond donors (Lipinski definition) is 2. The molecular weight excluding hydrogens is 354 g/mol. The molecule has 26 heavy (non-hydrogen) atoms. The standard InChI is InChI=1S/C19H28ClN3O3/c1-25-19(5-7-21-8-6-19)18(24)22-14-17(23-9-11-26-12-10-23)15-3-2-4-16(20)13-15/h2-4,13,17,21H,5-12,14H2,1H3,(H,22,24). The number of nitrogens with zero attached hydrogens (tertiary/aromatic N) is 1. The summed E-state index contributed by atoms with van der Waals surface area (Å²) in [6, 6.07) is 7.93. The summed E-state index contributed by atoms with van der Waals surface area (Å²) in [4.78, 5) is 15.2. The summed E-state index contributed by atoms with van der Waals surface area (Å²) >= 11 is 6.20. The van der Waals surface area contributed by atoms with Gasteiger partial charge in [0.25, 0.3) is 5.91 Å². The molecule has 6 nitrogen and oxygen atoms in total. The molecule has 0 aliphatic carbocycles. The normalized spacial score (nSPS) is 21.9. The largest absolute Gasteiger partial charge is 0.379 e. The van der Waals surface area contributed by atoms with Crippen LogP contribution in [0, 0.1) is 0 Å². The van der Waals surface area contributed by atoms with Crippen LogP contribution in [0.2, 0.25) is 5.02 Å². The lowest BCUT2D eigenvalue weighted by Gasteiger charge is -2.37. The molecule has 0 bridgehead atoms. The first-order valence-electron chi connectivity index (χ1n) is 9.26. The number of rotatable bonds is 6. The van der Waals surface area contributed by atoms with Gasteiger partial charge in [0.05, 0.1) is 19.3 Å². The first-order chi connectivity index (χ1) is 12.6. The molecule has 1 unspecified atom stereocenters. The molecule has 1 aromatic carbocycles. The lowest BCUT2D eigenvalue weighted by molar-refractivity contribution is -0.147. The fraction of sp³-hybridized carbons (Fsp3) is 0.632. The number of benzene rings is 1. The van der Waals surface area contributed by atoms with E-state index in [-0.39, 0.29) is 11.9 Å². The number of ether oxygens (including phenoxy) is 2. The smallest absolute Gasteiger partial charge is 0.252 e. The maximum atomic E-state index is 12.9. The first kappa shape index (κ1) is 19.6. The van der Waals surface area contributed by atoms with E-state index >= 15 is 0 Å². The van der Waals surface area contributed by atoms with Gasteiger partial charge < -0.3 is 20.1 Å². The van der Waals surface area contributed by atoms with Crippen LogP contribution >= 0.6 is 11.6 Å². The Morgan fingerprint density at radius 2 is 2.12 bits per heavy atom. The first-order valence-corrected chi connectivity index (χ1v) is 9.64. The number of carbonyl (C=O) groups is 1. The van der Waals surface area contributed by atoms with Crippen molar-refractivity contribution in [3.63, 3.8) is 0 Å². The van der Waals surface area contributed by atoms with Gasteiger partial charge >= 0.3 is 0 Å². The monoisotopic (exact) mass is 381 g/mol. The van der Waals surface area contributed by atoms with Gasteiger partial charge in [0.2, 0.25) is 0 Å². The van der Waals surface area contributed by atoms with Crippen LogP contribution in [0.15, 0.2) is 24.3 Å². The Kier molecular flexibility index (Phi) is 6.89. The second-order valence-corrected chi connectivity index (χ2v) is 7.31. The van der Waals surface area contributed by atoms with Crippen molar-refractivity contribution in [3.8, 4) is 0 Å². The molecular formula is C19H28ClN3O3. The average Bonchev–Trinajstić information content (AvgIpc) is 2.69. The van der Waals surface area contributed by atoms with Crippen LogP contribution in [0.3, 0.4) is 0 Å². The van der Waals surface area contributed by atoms with Crippen LogP contribution in [0.5, 0.6) is 0 Å². The summed E-state index contributed by atoms with van der Waals surface area (Å²) in [5.41, 5.74) is 0.381. The van der Waals surface area contributed by atoms with E-state index in [0.29, 0.717) is 37.6 Å². The minimum Gasteiger partial charge on any atom is -0.379 e. The molecule has 2 heterocycles. The molecule has 0 spiro atoms. The highest BCUT2D eigenvalue weighted by Gasteiger charge is 2.40. The van der Waals surface area contributed by atoms with Crippen LogP contribution in [-0.4, -0.2) is 69.5 Å². The summed E-state index contributed by atoms with van der Waals surface area (Å²) in [5, 5.41) is 7.13. The topological polar surface area (TPSA) is 62.8 Å². The van der Waals surface area contributed by atoms with Crippen molar-refractivity contribution < 1.29 is 14.3 Å². The summed E-state index contributed by atoms with van der Waals surface area (Å²) in [5.74, 6) is -0.0261. The van der Waals surface area contributed by atoms with Gasteiger partial charge in [0, 0.05) is 31.8 Å². The Morgan fingerprint density at radius 3 is 2.77 bits per heavy atom. The van der Waals surface area contributed by atoms with Gasteiger partial charge in [-0.05, 0) is 43.6 Å². The zero-order valence-corrected chi connectivity index (χ0v) is 16.1. The molecule has 7 heteroatoms. The third-order valence-electron chi connectivity index (χ3n) is 5.39. The van der Waals surface area contributed by atoms with Crippen LogP contribution in [0.25, 0.3) is 0 Å². The van der Waals surface area contributed by atoms with Crippen LogP contribution in [-0.2, 0) is 14.3 Å². The Labute approximate surface area is 160 Å². The number of amides is 1.